The van der Waals surface area contributed by atoms with E-state index in [9.17, 15) is 4.79 Å². The number of nitrogens with zero attached hydrogens (tertiary/aromatic N) is 3. The van der Waals surface area contributed by atoms with Crippen LogP contribution in [0.25, 0.3) is 11.4 Å². The minimum absolute atomic E-state index is 0.0378. The van der Waals surface area contributed by atoms with Gasteiger partial charge in [-0.15, -0.1) is 0 Å². The molecule has 1 amide bonds. The Kier molecular flexibility index (Phi) is 5.71. The Labute approximate surface area is 163 Å². The van der Waals surface area contributed by atoms with Crippen LogP contribution in [0.5, 0.6) is 5.75 Å². The molecule has 6 nitrogen and oxygen atoms in total. The molecule has 0 saturated carbocycles. The van der Waals surface area contributed by atoms with Crippen LogP contribution in [-0.2, 0) is 11.3 Å². The summed E-state index contributed by atoms with van der Waals surface area (Å²) in [5.74, 6) is 1.34. The molecule has 0 aliphatic carbocycles. The molecule has 2 aromatic carbocycles. The summed E-state index contributed by atoms with van der Waals surface area (Å²) >= 11 is 5.34. The molecule has 0 radical (unpaired) electrons. The molecule has 140 valence electrons. The maximum Gasteiger partial charge on any atom is 0.242 e. The number of hydrogen-bond donors (Lipinski definition) is 1. The lowest BCUT2D eigenvalue weighted by atomic mass is 10.1. The standard InChI is InChI=1S/C20H22N4O2S/c1-14(15-7-5-4-6-8-15)23(2)18(25)13-24-19(21-22-20(24)27)16-9-11-17(26-3)12-10-16/h4-12,14H,13H2,1-3H3,(H,22,27). The van der Waals surface area contributed by atoms with Gasteiger partial charge >= 0.3 is 0 Å². The van der Waals surface area contributed by atoms with Crippen LogP contribution in [-0.4, -0.2) is 39.7 Å². The number of aromatic nitrogens is 3. The molecule has 7 heteroatoms. The van der Waals surface area contributed by atoms with E-state index in [4.69, 9.17) is 17.0 Å². The second kappa shape index (κ2) is 8.18. The topological polar surface area (TPSA) is 63.1 Å². The third-order valence-corrected chi connectivity index (χ3v) is 4.97. The first kappa shape index (κ1) is 18.8. The van der Waals surface area contributed by atoms with Gasteiger partial charge in [0.2, 0.25) is 5.91 Å². The minimum Gasteiger partial charge on any atom is -0.497 e. The molecular weight excluding hydrogens is 360 g/mol. The SMILES string of the molecule is COc1ccc(-c2n[nH]c(=S)n2CC(=O)N(C)C(C)c2ccccc2)cc1. The molecule has 0 saturated heterocycles. The van der Waals surface area contributed by atoms with Crippen molar-refractivity contribution in [2.75, 3.05) is 14.2 Å². The van der Waals surface area contributed by atoms with Gasteiger partial charge in [-0.2, -0.15) is 5.10 Å². The van der Waals surface area contributed by atoms with Crippen molar-refractivity contribution in [2.45, 2.75) is 19.5 Å². The second-order valence-electron chi connectivity index (χ2n) is 6.26. The number of amides is 1. The molecular formula is C20H22N4O2S. The van der Waals surface area contributed by atoms with Gasteiger partial charge in [0.15, 0.2) is 10.6 Å². The van der Waals surface area contributed by atoms with Crippen LogP contribution in [0.4, 0.5) is 0 Å². The monoisotopic (exact) mass is 382 g/mol. The molecule has 1 heterocycles. The Balaban J connectivity index is 1.82. The Hall–Kier alpha value is -2.93. The summed E-state index contributed by atoms with van der Waals surface area (Å²) in [5, 5.41) is 7.07. The van der Waals surface area contributed by atoms with Crippen molar-refractivity contribution in [3.05, 3.63) is 64.9 Å². The van der Waals surface area contributed by atoms with Gasteiger partial charge in [-0.25, -0.2) is 0 Å². The van der Waals surface area contributed by atoms with Gasteiger partial charge in [0, 0.05) is 12.6 Å². The van der Waals surface area contributed by atoms with Crippen LogP contribution in [0, 0.1) is 4.77 Å². The smallest absolute Gasteiger partial charge is 0.242 e. The lowest BCUT2D eigenvalue weighted by molar-refractivity contribution is -0.132. The number of hydrogen-bond acceptors (Lipinski definition) is 4. The van der Waals surface area contributed by atoms with Gasteiger partial charge in [-0.3, -0.25) is 14.5 Å². The number of methoxy groups -OCH3 is 1. The number of carbonyl (C=O) groups is 1. The summed E-state index contributed by atoms with van der Waals surface area (Å²) in [6.07, 6.45) is 0. The maximum absolute atomic E-state index is 12.9. The number of ether oxygens (including phenoxy) is 1. The van der Waals surface area contributed by atoms with Gasteiger partial charge in [0.05, 0.1) is 13.2 Å². The second-order valence-corrected chi connectivity index (χ2v) is 6.65. The van der Waals surface area contributed by atoms with Gasteiger partial charge < -0.3 is 9.64 Å². The highest BCUT2D eigenvalue weighted by Gasteiger charge is 2.20. The number of rotatable bonds is 6. The molecule has 27 heavy (non-hydrogen) atoms. The maximum atomic E-state index is 12.9. The number of likely N-dealkylation sites (N-methyl/N-ethyl adjacent to an activating group) is 1. The van der Waals surface area contributed by atoms with Crippen LogP contribution in [0.1, 0.15) is 18.5 Å². The number of carbonyl (C=O) groups excluding carboxylic acids is 1. The molecule has 1 aromatic heterocycles. The normalized spacial score (nSPS) is 11.8. The average molecular weight is 382 g/mol. The highest BCUT2D eigenvalue weighted by Crippen LogP contribution is 2.22. The summed E-state index contributed by atoms with van der Waals surface area (Å²) in [7, 11) is 3.42. The van der Waals surface area contributed by atoms with Crippen molar-refractivity contribution in [2.24, 2.45) is 0 Å². The zero-order valence-corrected chi connectivity index (χ0v) is 16.4. The largest absolute Gasteiger partial charge is 0.497 e. The summed E-state index contributed by atoms with van der Waals surface area (Å²) in [4.78, 5) is 14.6. The van der Waals surface area contributed by atoms with E-state index in [2.05, 4.69) is 10.2 Å². The lowest BCUT2D eigenvalue weighted by Crippen LogP contribution is -2.32. The molecule has 0 aliphatic rings. The zero-order chi connectivity index (χ0) is 19.4. The Bertz CT molecular complexity index is 964. The number of benzene rings is 2. The Morgan fingerprint density at radius 1 is 1.22 bits per heavy atom. The molecule has 0 bridgehead atoms. The third-order valence-electron chi connectivity index (χ3n) is 4.66. The summed E-state index contributed by atoms with van der Waals surface area (Å²) < 4.78 is 7.32. The quantitative estimate of drug-likeness (QED) is 0.658. The predicted octanol–water partition coefficient (Wildman–Crippen LogP) is 3.84. The first-order chi connectivity index (χ1) is 13.0. The van der Waals surface area contributed by atoms with Gasteiger partial charge in [-0.05, 0) is 49.0 Å². The van der Waals surface area contributed by atoms with Crippen molar-refractivity contribution < 1.29 is 9.53 Å². The summed E-state index contributed by atoms with van der Waals surface area (Å²) in [6.45, 7) is 2.12. The van der Waals surface area contributed by atoms with Crippen molar-refractivity contribution in [1.29, 1.82) is 0 Å². The highest BCUT2D eigenvalue weighted by atomic mass is 32.1. The first-order valence-electron chi connectivity index (χ1n) is 8.61. The number of aromatic amines is 1. The summed E-state index contributed by atoms with van der Waals surface area (Å²) in [5.41, 5.74) is 1.94. The van der Waals surface area contributed by atoms with E-state index in [0.29, 0.717) is 10.6 Å². The first-order valence-corrected chi connectivity index (χ1v) is 9.02. The van der Waals surface area contributed by atoms with Crippen molar-refractivity contribution in [1.82, 2.24) is 19.7 Å². The molecule has 3 aromatic rings. The molecule has 3 rings (SSSR count). The van der Waals surface area contributed by atoms with Gasteiger partial charge in [0.25, 0.3) is 0 Å². The molecule has 1 unspecified atom stereocenters. The van der Waals surface area contributed by atoms with Crippen LogP contribution >= 0.6 is 12.2 Å². The van der Waals surface area contributed by atoms with E-state index in [1.54, 1.807) is 23.6 Å². The predicted molar refractivity (Wildman–Crippen MR) is 107 cm³/mol. The average Bonchev–Trinajstić information content (AvgIpc) is 3.07. The fraction of sp³-hybridized carbons (Fsp3) is 0.250. The molecule has 1 N–H and O–H groups in total. The van der Waals surface area contributed by atoms with Crippen LogP contribution in [0.15, 0.2) is 54.6 Å². The van der Waals surface area contributed by atoms with Crippen LogP contribution in [0.2, 0.25) is 0 Å². The van der Waals surface area contributed by atoms with Crippen molar-refractivity contribution in [3.8, 4) is 17.1 Å². The molecule has 0 fully saturated rings. The van der Waals surface area contributed by atoms with E-state index in [1.165, 1.54) is 0 Å². The minimum atomic E-state index is -0.0429. The fourth-order valence-corrected chi connectivity index (χ4v) is 3.04. The highest BCUT2D eigenvalue weighted by molar-refractivity contribution is 7.71. The van der Waals surface area contributed by atoms with E-state index >= 15 is 0 Å². The fourth-order valence-electron chi connectivity index (χ4n) is 2.84. The van der Waals surface area contributed by atoms with Crippen LogP contribution < -0.4 is 4.74 Å². The van der Waals surface area contributed by atoms with Crippen molar-refractivity contribution >= 4 is 18.1 Å². The zero-order valence-electron chi connectivity index (χ0n) is 15.5. The Morgan fingerprint density at radius 2 is 1.89 bits per heavy atom. The number of nitrogens with one attached hydrogen (secondary N) is 1. The van der Waals surface area contributed by atoms with E-state index < -0.39 is 0 Å². The van der Waals surface area contributed by atoms with Crippen LogP contribution in [0.3, 0.4) is 0 Å². The van der Waals surface area contributed by atoms with Gasteiger partial charge in [-0.1, -0.05) is 30.3 Å². The van der Waals surface area contributed by atoms with E-state index in [0.717, 1.165) is 16.9 Å². The third kappa shape index (κ3) is 4.09. The molecule has 0 spiro atoms. The van der Waals surface area contributed by atoms with E-state index in [1.807, 2.05) is 61.5 Å². The van der Waals surface area contributed by atoms with Gasteiger partial charge in [0.1, 0.15) is 12.3 Å². The van der Waals surface area contributed by atoms with E-state index in [-0.39, 0.29) is 18.5 Å². The Morgan fingerprint density at radius 3 is 2.52 bits per heavy atom. The molecule has 1 atom stereocenters. The molecule has 0 aliphatic heterocycles. The number of H-pyrrole nitrogens is 1. The van der Waals surface area contributed by atoms with Crippen molar-refractivity contribution in [3.63, 3.8) is 0 Å². The lowest BCUT2D eigenvalue weighted by Gasteiger charge is -2.25. The summed E-state index contributed by atoms with van der Waals surface area (Å²) in [6, 6.07) is 17.4.